The number of methoxy groups -OCH3 is 2. The van der Waals surface area contributed by atoms with E-state index in [0.29, 0.717) is 35.8 Å². The van der Waals surface area contributed by atoms with Crippen LogP contribution in [0.4, 0.5) is 11.5 Å². The summed E-state index contributed by atoms with van der Waals surface area (Å²) in [4.78, 5) is 60.3. The third-order valence-corrected chi connectivity index (χ3v) is 9.35. The highest BCUT2D eigenvalue weighted by Gasteiger charge is 2.25. The molecule has 0 bridgehead atoms. The van der Waals surface area contributed by atoms with E-state index in [-0.39, 0.29) is 36.1 Å². The monoisotopic (exact) mass is 676 g/mol. The Morgan fingerprint density at radius 3 is 2.77 bits per heavy atom. The number of piperidine rings is 1. The number of aryl methyl sites for hydroxylation is 1. The number of rotatable bonds is 13. The van der Waals surface area contributed by atoms with Crippen molar-refractivity contribution in [2.75, 3.05) is 38.0 Å². The van der Waals surface area contributed by atoms with E-state index in [1.807, 2.05) is 25.3 Å². The lowest BCUT2D eigenvalue weighted by molar-refractivity contribution is -0.120. The van der Waals surface area contributed by atoms with Gasteiger partial charge in [-0.15, -0.1) is 11.3 Å². The third kappa shape index (κ3) is 8.36. The summed E-state index contributed by atoms with van der Waals surface area (Å²) >= 11 is 1.31. The molecular formula is C34H40N6O7S. The van der Waals surface area contributed by atoms with Crippen molar-refractivity contribution >= 4 is 63.3 Å². The standard InChI is InChI=1S/C34H40N6O7S/c1-21-14-26(45-3)27(17-25(21)35-18-24-8-5-6-12-40(24)20-41)47-13-7-9-31(42)37-30-19-39(2)32(38-30)33(43)36-23-10-11-28-22(15-23)16-29(48-28)34(44)46-4/h10-11,14-16,18-20,24,27H,5-9,12-13,17H2,1-4H3,(H,36,43)(H,37,42)/b35-18-/t24-,27?/m1/s1. The number of nitrogens with zero attached hydrogens (tertiary/aromatic N) is 4. The average molecular weight is 677 g/mol. The van der Waals surface area contributed by atoms with E-state index < -0.39 is 11.9 Å². The minimum Gasteiger partial charge on any atom is -0.498 e. The molecule has 1 aliphatic heterocycles. The summed E-state index contributed by atoms with van der Waals surface area (Å²) in [5.41, 5.74) is 2.40. The molecule has 1 aliphatic carbocycles. The van der Waals surface area contributed by atoms with E-state index in [0.717, 1.165) is 53.6 Å². The van der Waals surface area contributed by atoms with Crippen LogP contribution in [-0.2, 0) is 30.8 Å². The SMILES string of the molecule is COC(=O)c1cc2cc(NC(=O)c3nc(NC(=O)CCCOC4CC(/N=C\[C@H]5CCCCN5C=O)=C(C)C=C4OC)cn3C)ccc2s1. The van der Waals surface area contributed by atoms with Gasteiger partial charge in [-0.05, 0) is 73.9 Å². The Hall–Kier alpha value is -4.82. The number of fused-ring (bicyclic) bond motifs is 1. The summed E-state index contributed by atoms with van der Waals surface area (Å²) in [6, 6.07) is 7.06. The predicted octanol–water partition coefficient (Wildman–Crippen LogP) is 5.07. The summed E-state index contributed by atoms with van der Waals surface area (Å²) < 4.78 is 18.9. The quantitative estimate of drug-likeness (QED) is 0.110. The second-order valence-corrected chi connectivity index (χ2v) is 12.7. The first-order valence-electron chi connectivity index (χ1n) is 15.8. The van der Waals surface area contributed by atoms with Crippen LogP contribution in [0.15, 0.2) is 58.6 Å². The number of carbonyl (C=O) groups is 4. The van der Waals surface area contributed by atoms with Crippen LogP contribution in [0.25, 0.3) is 10.1 Å². The maximum atomic E-state index is 13.0. The molecule has 1 fully saturated rings. The number of aliphatic imine (C=N–C) groups is 1. The molecule has 5 rings (SSSR count). The average Bonchev–Trinajstić information content (AvgIpc) is 3.68. The first kappa shape index (κ1) is 34.5. The van der Waals surface area contributed by atoms with Crippen molar-refractivity contribution in [3.05, 3.63) is 64.3 Å². The maximum absolute atomic E-state index is 13.0. The first-order valence-corrected chi connectivity index (χ1v) is 16.6. The van der Waals surface area contributed by atoms with Crippen molar-refractivity contribution in [2.24, 2.45) is 12.0 Å². The number of thiophene rings is 1. The van der Waals surface area contributed by atoms with Crippen molar-refractivity contribution in [1.82, 2.24) is 14.5 Å². The van der Waals surface area contributed by atoms with Gasteiger partial charge in [0.2, 0.25) is 18.1 Å². The number of anilines is 2. The molecule has 0 radical (unpaired) electrons. The lowest BCUT2D eigenvalue weighted by Crippen LogP contribution is -2.39. The number of carbonyl (C=O) groups excluding carboxylic acids is 4. The molecule has 1 aromatic carbocycles. The van der Waals surface area contributed by atoms with Gasteiger partial charge in [-0.3, -0.25) is 19.4 Å². The van der Waals surface area contributed by atoms with Gasteiger partial charge in [0.25, 0.3) is 5.91 Å². The van der Waals surface area contributed by atoms with Gasteiger partial charge in [0.1, 0.15) is 16.7 Å². The predicted molar refractivity (Wildman–Crippen MR) is 183 cm³/mol. The van der Waals surface area contributed by atoms with Crippen LogP contribution in [0.1, 0.15) is 65.7 Å². The van der Waals surface area contributed by atoms with Crippen molar-refractivity contribution in [3.63, 3.8) is 0 Å². The molecule has 2 aromatic heterocycles. The van der Waals surface area contributed by atoms with Gasteiger partial charge in [-0.2, -0.15) is 0 Å². The minimum atomic E-state index is -0.448. The molecule has 0 saturated carbocycles. The number of ether oxygens (including phenoxy) is 3. The number of allylic oxidation sites excluding steroid dienone is 2. The lowest BCUT2D eigenvalue weighted by atomic mass is 10.00. The molecule has 1 saturated heterocycles. The number of hydrogen-bond acceptors (Lipinski definition) is 10. The summed E-state index contributed by atoms with van der Waals surface area (Å²) in [5.74, 6) is -0.0391. The number of likely N-dealkylation sites (tertiary alicyclic amines) is 1. The molecule has 0 spiro atoms. The van der Waals surface area contributed by atoms with E-state index in [9.17, 15) is 19.2 Å². The maximum Gasteiger partial charge on any atom is 0.348 e. The zero-order valence-corrected chi connectivity index (χ0v) is 28.3. The summed E-state index contributed by atoms with van der Waals surface area (Å²) in [6.45, 7) is 3.05. The second-order valence-electron chi connectivity index (χ2n) is 11.6. The zero-order chi connectivity index (χ0) is 34.2. The van der Waals surface area contributed by atoms with Crippen molar-refractivity contribution < 1.29 is 33.4 Å². The zero-order valence-electron chi connectivity index (χ0n) is 27.5. The fourth-order valence-electron chi connectivity index (χ4n) is 5.67. The van der Waals surface area contributed by atoms with Crippen molar-refractivity contribution in [1.29, 1.82) is 0 Å². The van der Waals surface area contributed by atoms with Crippen LogP contribution in [0, 0.1) is 0 Å². The highest BCUT2D eigenvalue weighted by molar-refractivity contribution is 7.20. The largest absolute Gasteiger partial charge is 0.498 e. The number of esters is 1. The molecule has 3 heterocycles. The minimum absolute atomic E-state index is 0.00244. The third-order valence-electron chi connectivity index (χ3n) is 8.25. The van der Waals surface area contributed by atoms with Crippen LogP contribution < -0.4 is 10.6 Å². The lowest BCUT2D eigenvalue weighted by Gasteiger charge is -2.30. The van der Waals surface area contributed by atoms with Gasteiger partial charge < -0.3 is 34.3 Å². The number of aromatic nitrogens is 2. The molecule has 1 unspecified atom stereocenters. The number of nitrogens with one attached hydrogen (secondary N) is 2. The molecule has 3 amide bonds. The number of hydrogen-bond donors (Lipinski definition) is 2. The highest BCUT2D eigenvalue weighted by atomic mass is 32.1. The van der Waals surface area contributed by atoms with Gasteiger partial charge in [0.05, 0.1) is 20.3 Å². The Bertz CT molecular complexity index is 1770. The van der Waals surface area contributed by atoms with E-state index in [1.165, 1.54) is 23.0 Å². The van der Waals surface area contributed by atoms with Gasteiger partial charge in [-0.1, -0.05) is 0 Å². The molecule has 2 atom stereocenters. The Balaban J connectivity index is 1.10. The molecule has 48 heavy (non-hydrogen) atoms. The van der Waals surface area contributed by atoms with Crippen LogP contribution in [0.2, 0.25) is 0 Å². The summed E-state index contributed by atoms with van der Waals surface area (Å²) in [5, 5.41) is 6.37. The Morgan fingerprint density at radius 1 is 1.17 bits per heavy atom. The van der Waals surface area contributed by atoms with Gasteiger partial charge >= 0.3 is 5.97 Å². The fourth-order valence-corrected chi connectivity index (χ4v) is 6.63. The first-order chi connectivity index (χ1) is 23.2. The molecule has 3 aromatic rings. The molecule has 254 valence electrons. The molecule has 13 nitrogen and oxygen atoms in total. The van der Waals surface area contributed by atoms with Crippen LogP contribution in [-0.4, -0.2) is 84.4 Å². The van der Waals surface area contributed by atoms with Gasteiger partial charge in [-0.25, -0.2) is 9.78 Å². The van der Waals surface area contributed by atoms with E-state index in [2.05, 4.69) is 15.6 Å². The molecule has 14 heteroatoms. The number of imidazole rings is 1. The summed E-state index contributed by atoms with van der Waals surface area (Å²) in [7, 11) is 4.61. The number of amides is 3. The van der Waals surface area contributed by atoms with E-state index in [4.69, 9.17) is 19.2 Å². The topological polar surface area (TPSA) is 153 Å². The summed E-state index contributed by atoms with van der Waals surface area (Å²) in [6.07, 6.45) is 10.1. The van der Waals surface area contributed by atoms with Crippen molar-refractivity contribution in [2.45, 2.75) is 57.6 Å². The van der Waals surface area contributed by atoms with Gasteiger partial charge in [0, 0.05) is 61.5 Å². The molecule has 2 N–H and O–H groups in total. The number of benzene rings is 1. The Labute approximate surface area is 282 Å². The van der Waals surface area contributed by atoms with Crippen LogP contribution in [0.5, 0.6) is 0 Å². The van der Waals surface area contributed by atoms with Crippen LogP contribution >= 0.6 is 11.3 Å². The fraction of sp³-hybridized carbons (Fsp3) is 0.412. The van der Waals surface area contributed by atoms with Crippen LogP contribution in [0.3, 0.4) is 0 Å². The van der Waals surface area contributed by atoms with E-state index >= 15 is 0 Å². The Kier molecular flexibility index (Phi) is 11.4. The van der Waals surface area contributed by atoms with E-state index in [1.54, 1.807) is 43.5 Å². The highest BCUT2D eigenvalue weighted by Crippen LogP contribution is 2.30. The normalized spacial score (nSPS) is 18.2. The van der Waals surface area contributed by atoms with Crippen molar-refractivity contribution in [3.8, 4) is 0 Å². The smallest absolute Gasteiger partial charge is 0.348 e. The molecular weight excluding hydrogens is 636 g/mol. The second kappa shape index (κ2) is 15.8. The molecule has 2 aliphatic rings. The Morgan fingerprint density at radius 2 is 2.00 bits per heavy atom. The van der Waals surface area contributed by atoms with Gasteiger partial charge in [0.15, 0.2) is 5.82 Å².